The van der Waals surface area contributed by atoms with Crippen LogP contribution in [0.4, 0.5) is 0 Å². The topological polar surface area (TPSA) is 41.3 Å². The lowest BCUT2D eigenvalue weighted by atomic mass is 9.90. The number of rotatable bonds is 2. The zero-order valence-corrected chi connectivity index (χ0v) is 12.4. The molecule has 2 aliphatic rings. The van der Waals surface area contributed by atoms with Crippen molar-refractivity contribution in [3.63, 3.8) is 0 Å². The second kappa shape index (κ2) is 5.89. The van der Waals surface area contributed by atoms with Crippen LogP contribution in [0.15, 0.2) is 0 Å². The Morgan fingerprint density at radius 1 is 1.00 bits per heavy atom. The van der Waals surface area contributed by atoms with Crippen molar-refractivity contribution in [2.24, 2.45) is 5.73 Å². The van der Waals surface area contributed by atoms with E-state index in [2.05, 4.69) is 31.0 Å². The first kappa shape index (κ1) is 14.3. The van der Waals surface area contributed by atoms with Crippen LogP contribution in [0.1, 0.15) is 59.3 Å². The van der Waals surface area contributed by atoms with Gasteiger partial charge in [0.25, 0.3) is 0 Å². The van der Waals surface area contributed by atoms with E-state index in [0.717, 1.165) is 6.04 Å². The fourth-order valence-electron chi connectivity index (χ4n) is 3.43. The van der Waals surface area contributed by atoms with Gasteiger partial charge >= 0.3 is 0 Å². The molecule has 2 unspecified atom stereocenters. The molecule has 0 radical (unpaired) electrons. The first-order valence-corrected chi connectivity index (χ1v) is 7.72. The molecule has 18 heavy (non-hydrogen) atoms. The highest BCUT2D eigenvalue weighted by molar-refractivity contribution is 4.88. The third-order valence-electron chi connectivity index (χ3n) is 4.63. The van der Waals surface area contributed by atoms with Crippen LogP contribution >= 0.6 is 0 Å². The largest absolute Gasteiger partial charge is 0.328 e. The zero-order chi connectivity index (χ0) is 13.2. The Hall–Kier alpha value is -0.120. The Morgan fingerprint density at radius 3 is 2.22 bits per heavy atom. The third-order valence-corrected chi connectivity index (χ3v) is 4.63. The number of nitrogens with zero attached hydrogens (tertiary/aromatic N) is 1. The van der Waals surface area contributed by atoms with E-state index in [-0.39, 0.29) is 0 Å². The molecular weight excluding hydrogens is 222 g/mol. The SMILES string of the molecule is CC(C)(C)N1CCC(NC2CCCC(N)C2)CC1. The molecule has 106 valence electrons. The summed E-state index contributed by atoms with van der Waals surface area (Å²) >= 11 is 0. The van der Waals surface area contributed by atoms with Gasteiger partial charge in [0.1, 0.15) is 0 Å². The van der Waals surface area contributed by atoms with Crippen molar-refractivity contribution in [2.45, 2.75) is 83.0 Å². The fourth-order valence-corrected chi connectivity index (χ4v) is 3.43. The molecule has 2 atom stereocenters. The maximum Gasteiger partial charge on any atom is 0.0125 e. The van der Waals surface area contributed by atoms with Gasteiger partial charge in [0.15, 0.2) is 0 Å². The Labute approximate surface area is 112 Å². The Morgan fingerprint density at radius 2 is 1.67 bits per heavy atom. The highest BCUT2D eigenvalue weighted by Crippen LogP contribution is 2.22. The minimum absolute atomic E-state index is 0.332. The zero-order valence-electron chi connectivity index (χ0n) is 12.4. The van der Waals surface area contributed by atoms with Gasteiger partial charge in [0.2, 0.25) is 0 Å². The summed E-state index contributed by atoms with van der Waals surface area (Å²) < 4.78 is 0. The highest BCUT2D eigenvalue weighted by Gasteiger charge is 2.28. The van der Waals surface area contributed by atoms with Crippen molar-refractivity contribution < 1.29 is 0 Å². The van der Waals surface area contributed by atoms with Gasteiger partial charge in [0, 0.05) is 36.8 Å². The molecule has 2 rings (SSSR count). The van der Waals surface area contributed by atoms with Crippen LogP contribution in [-0.2, 0) is 0 Å². The van der Waals surface area contributed by atoms with Crippen molar-refractivity contribution >= 4 is 0 Å². The lowest BCUT2D eigenvalue weighted by molar-refractivity contribution is 0.0918. The van der Waals surface area contributed by atoms with E-state index in [1.165, 1.54) is 51.6 Å². The smallest absolute Gasteiger partial charge is 0.0125 e. The second-order valence-electron chi connectivity index (χ2n) is 7.22. The number of nitrogens with two attached hydrogens (primary N) is 1. The molecule has 1 aliphatic heterocycles. The van der Waals surface area contributed by atoms with Gasteiger partial charge in [-0.2, -0.15) is 0 Å². The van der Waals surface area contributed by atoms with Crippen molar-refractivity contribution in [3.05, 3.63) is 0 Å². The van der Waals surface area contributed by atoms with Gasteiger partial charge in [0.05, 0.1) is 0 Å². The van der Waals surface area contributed by atoms with Crippen molar-refractivity contribution in [3.8, 4) is 0 Å². The average Bonchev–Trinajstić information content (AvgIpc) is 2.28. The Balaban J connectivity index is 1.73. The monoisotopic (exact) mass is 253 g/mol. The van der Waals surface area contributed by atoms with E-state index < -0.39 is 0 Å². The second-order valence-corrected chi connectivity index (χ2v) is 7.22. The summed E-state index contributed by atoms with van der Waals surface area (Å²) in [6, 6.07) is 1.84. The fraction of sp³-hybridized carbons (Fsp3) is 1.00. The van der Waals surface area contributed by atoms with Crippen LogP contribution in [0.3, 0.4) is 0 Å². The maximum atomic E-state index is 6.06. The minimum Gasteiger partial charge on any atom is -0.328 e. The van der Waals surface area contributed by atoms with Crippen LogP contribution in [0.5, 0.6) is 0 Å². The average molecular weight is 253 g/mol. The number of hydrogen-bond donors (Lipinski definition) is 2. The van der Waals surface area contributed by atoms with Crippen LogP contribution in [0.25, 0.3) is 0 Å². The predicted octanol–water partition coefficient (Wildman–Crippen LogP) is 2.11. The molecule has 0 aromatic rings. The number of likely N-dealkylation sites (tertiary alicyclic amines) is 1. The molecule has 1 aliphatic carbocycles. The number of nitrogens with one attached hydrogen (secondary N) is 1. The van der Waals surface area contributed by atoms with E-state index in [0.29, 0.717) is 17.6 Å². The van der Waals surface area contributed by atoms with E-state index in [1.54, 1.807) is 0 Å². The van der Waals surface area contributed by atoms with E-state index >= 15 is 0 Å². The molecule has 1 heterocycles. The van der Waals surface area contributed by atoms with Crippen molar-refractivity contribution in [2.75, 3.05) is 13.1 Å². The molecule has 0 aromatic heterocycles. The first-order valence-electron chi connectivity index (χ1n) is 7.72. The van der Waals surface area contributed by atoms with Gasteiger partial charge in [-0.15, -0.1) is 0 Å². The van der Waals surface area contributed by atoms with Crippen LogP contribution in [0.2, 0.25) is 0 Å². The minimum atomic E-state index is 0.332. The summed E-state index contributed by atoms with van der Waals surface area (Å²) in [5.74, 6) is 0. The lowest BCUT2D eigenvalue weighted by Gasteiger charge is -2.42. The van der Waals surface area contributed by atoms with Crippen molar-refractivity contribution in [1.29, 1.82) is 0 Å². The molecule has 0 aromatic carbocycles. The van der Waals surface area contributed by atoms with Gasteiger partial charge in [-0.3, -0.25) is 4.90 Å². The lowest BCUT2D eigenvalue weighted by Crippen LogP contribution is -2.52. The molecule has 3 heteroatoms. The van der Waals surface area contributed by atoms with E-state index in [9.17, 15) is 0 Å². The third kappa shape index (κ3) is 3.94. The van der Waals surface area contributed by atoms with Gasteiger partial charge in [-0.1, -0.05) is 6.42 Å². The summed E-state index contributed by atoms with van der Waals surface area (Å²) in [7, 11) is 0. The molecule has 0 amide bonds. The molecule has 2 fully saturated rings. The molecule has 1 saturated heterocycles. The molecular formula is C15H31N3. The summed E-state index contributed by atoms with van der Waals surface area (Å²) in [4.78, 5) is 2.61. The number of piperidine rings is 1. The van der Waals surface area contributed by atoms with E-state index in [4.69, 9.17) is 5.73 Å². The van der Waals surface area contributed by atoms with E-state index in [1.807, 2.05) is 0 Å². The summed E-state index contributed by atoms with van der Waals surface area (Å²) in [5.41, 5.74) is 6.39. The maximum absolute atomic E-state index is 6.06. The summed E-state index contributed by atoms with van der Waals surface area (Å²) in [6.45, 7) is 9.43. The normalized spacial score (nSPS) is 32.7. The molecule has 0 bridgehead atoms. The van der Waals surface area contributed by atoms with Crippen LogP contribution in [0, 0.1) is 0 Å². The summed E-state index contributed by atoms with van der Waals surface area (Å²) in [6.07, 6.45) is 7.62. The molecule has 0 spiro atoms. The van der Waals surface area contributed by atoms with Gasteiger partial charge < -0.3 is 11.1 Å². The summed E-state index contributed by atoms with van der Waals surface area (Å²) in [5, 5.41) is 3.85. The Kier molecular flexibility index (Phi) is 4.68. The van der Waals surface area contributed by atoms with Gasteiger partial charge in [-0.05, 0) is 52.9 Å². The molecule has 3 N–H and O–H groups in total. The molecule has 3 nitrogen and oxygen atoms in total. The van der Waals surface area contributed by atoms with Crippen LogP contribution < -0.4 is 11.1 Å². The predicted molar refractivity (Wildman–Crippen MR) is 77.7 cm³/mol. The molecule has 1 saturated carbocycles. The standard InChI is InChI=1S/C15H31N3/c1-15(2,3)18-9-7-13(8-10-18)17-14-6-4-5-12(16)11-14/h12-14,17H,4-11,16H2,1-3H3. The first-order chi connectivity index (χ1) is 8.45. The van der Waals surface area contributed by atoms with Gasteiger partial charge in [-0.25, -0.2) is 0 Å². The van der Waals surface area contributed by atoms with Crippen LogP contribution in [-0.4, -0.2) is 41.7 Å². The highest BCUT2D eigenvalue weighted by atomic mass is 15.2. The Bertz CT molecular complexity index is 251. The number of hydrogen-bond acceptors (Lipinski definition) is 3. The van der Waals surface area contributed by atoms with Crippen molar-refractivity contribution in [1.82, 2.24) is 10.2 Å². The quantitative estimate of drug-likeness (QED) is 0.792.